The molecule has 26 heavy (non-hydrogen) atoms. The predicted octanol–water partition coefficient (Wildman–Crippen LogP) is 3.27. The van der Waals surface area contributed by atoms with E-state index in [0.29, 0.717) is 16.9 Å². The molecular weight excluding hydrogens is 352 g/mol. The Hall–Kier alpha value is -3.20. The van der Waals surface area contributed by atoms with E-state index in [1.165, 1.54) is 11.8 Å². The van der Waals surface area contributed by atoms with Crippen molar-refractivity contribution in [1.82, 2.24) is 30.4 Å². The molecule has 0 unspecified atom stereocenters. The van der Waals surface area contributed by atoms with Gasteiger partial charge in [-0.15, -0.1) is 15.3 Å². The van der Waals surface area contributed by atoms with Crippen molar-refractivity contribution >= 4 is 11.8 Å². The SMILES string of the molecule is C[C@@H](Sc1nnnn1-c1ccc(O)cc1)c1nnc(-c2ccccc2)o1. The van der Waals surface area contributed by atoms with E-state index in [4.69, 9.17) is 4.42 Å². The van der Waals surface area contributed by atoms with Gasteiger partial charge < -0.3 is 9.52 Å². The Kier molecular flexibility index (Phi) is 4.36. The molecule has 0 aliphatic rings. The largest absolute Gasteiger partial charge is 0.508 e. The molecule has 130 valence electrons. The zero-order valence-electron chi connectivity index (χ0n) is 13.7. The Bertz CT molecular complexity index is 1000. The lowest BCUT2D eigenvalue weighted by atomic mass is 10.2. The molecule has 0 bridgehead atoms. The second-order valence-corrected chi connectivity index (χ2v) is 6.77. The van der Waals surface area contributed by atoms with Crippen LogP contribution < -0.4 is 0 Å². The fraction of sp³-hybridized carbons (Fsp3) is 0.118. The fourth-order valence-corrected chi connectivity index (χ4v) is 3.15. The van der Waals surface area contributed by atoms with Crippen LogP contribution in [0.15, 0.2) is 64.2 Å². The van der Waals surface area contributed by atoms with Crippen LogP contribution in [0.25, 0.3) is 17.1 Å². The molecule has 0 saturated carbocycles. The van der Waals surface area contributed by atoms with Crippen LogP contribution in [0.3, 0.4) is 0 Å². The van der Waals surface area contributed by atoms with E-state index in [0.717, 1.165) is 11.3 Å². The van der Waals surface area contributed by atoms with Gasteiger partial charge in [0.05, 0.1) is 10.9 Å². The average Bonchev–Trinajstić information content (AvgIpc) is 3.33. The molecule has 8 nitrogen and oxygen atoms in total. The molecule has 0 fully saturated rings. The van der Waals surface area contributed by atoms with Gasteiger partial charge in [-0.05, 0) is 53.7 Å². The van der Waals surface area contributed by atoms with E-state index in [9.17, 15) is 5.11 Å². The molecule has 1 N–H and O–H groups in total. The van der Waals surface area contributed by atoms with E-state index in [1.54, 1.807) is 28.9 Å². The zero-order chi connectivity index (χ0) is 17.9. The minimum absolute atomic E-state index is 0.137. The highest BCUT2D eigenvalue weighted by atomic mass is 32.2. The van der Waals surface area contributed by atoms with Crippen LogP contribution in [-0.4, -0.2) is 35.5 Å². The maximum atomic E-state index is 9.42. The smallest absolute Gasteiger partial charge is 0.247 e. The van der Waals surface area contributed by atoms with E-state index in [-0.39, 0.29) is 11.0 Å². The standard InChI is InChI=1S/C17H14N6O2S/c1-11(15-18-19-16(25-15)12-5-3-2-4-6-12)26-17-20-21-22-23(17)13-7-9-14(24)10-8-13/h2-11,24H,1H3/t11-/m1/s1. The first-order chi connectivity index (χ1) is 12.7. The van der Waals surface area contributed by atoms with E-state index >= 15 is 0 Å². The minimum atomic E-state index is -0.137. The third kappa shape index (κ3) is 3.29. The number of hydrogen-bond acceptors (Lipinski definition) is 8. The lowest BCUT2D eigenvalue weighted by molar-refractivity contribution is 0.475. The summed E-state index contributed by atoms with van der Waals surface area (Å²) in [5, 5.41) is 29.9. The topological polar surface area (TPSA) is 103 Å². The molecule has 1 atom stereocenters. The highest BCUT2D eigenvalue weighted by Crippen LogP contribution is 2.34. The van der Waals surface area contributed by atoms with Crippen LogP contribution in [0.5, 0.6) is 5.75 Å². The summed E-state index contributed by atoms with van der Waals surface area (Å²) in [4.78, 5) is 0. The average molecular weight is 366 g/mol. The summed E-state index contributed by atoms with van der Waals surface area (Å²) in [6.07, 6.45) is 0. The van der Waals surface area contributed by atoms with Crippen molar-refractivity contribution in [3.05, 3.63) is 60.5 Å². The van der Waals surface area contributed by atoms with Crippen molar-refractivity contribution in [3.8, 4) is 22.9 Å². The molecule has 0 amide bonds. The Labute approximate surface area is 152 Å². The molecule has 2 heterocycles. The molecule has 0 aliphatic carbocycles. The molecular formula is C17H14N6O2S. The van der Waals surface area contributed by atoms with Crippen LogP contribution >= 0.6 is 11.8 Å². The second kappa shape index (κ2) is 6.96. The summed E-state index contributed by atoms with van der Waals surface area (Å²) in [6, 6.07) is 16.2. The number of nitrogens with zero attached hydrogens (tertiary/aromatic N) is 6. The summed E-state index contributed by atoms with van der Waals surface area (Å²) >= 11 is 1.41. The normalized spacial score (nSPS) is 12.2. The summed E-state index contributed by atoms with van der Waals surface area (Å²) in [5.74, 6) is 1.16. The number of tetrazole rings is 1. The quantitative estimate of drug-likeness (QED) is 0.537. The Balaban J connectivity index is 1.54. The summed E-state index contributed by atoms with van der Waals surface area (Å²) in [5.41, 5.74) is 1.62. The lowest BCUT2D eigenvalue weighted by Gasteiger charge is -2.07. The number of aromatic hydroxyl groups is 1. The van der Waals surface area contributed by atoms with Crippen LogP contribution in [0.4, 0.5) is 0 Å². The lowest BCUT2D eigenvalue weighted by Crippen LogP contribution is -2.00. The molecule has 2 aromatic carbocycles. The summed E-state index contributed by atoms with van der Waals surface area (Å²) < 4.78 is 7.38. The first kappa shape index (κ1) is 16.3. The van der Waals surface area contributed by atoms with Gasteiger partial charge in [0.1, 0.15) is 5.75 Å². The van der Waals surface area contributed by atoms with Crippen molar-refractivity contribution in [1.29, 1.82) is 0 Å². The molecule has 0 radical (unpaired) electrons. The van der Waals surface area contributed by atoms with Gasteiger partial charge in [-0.25, -0.2) is 0 Å². The van der Waals surface area contributed by atoms with Gasteiger partial charge in [0.15, 0.2) is 0 Å². The number of hydrogen-bond donors (Lipinski definition) is 1. The van der Waals surface area contributed by atoms with Gasteiger partial charge in [-0.1, -0.05) is 30.0 Å². The molecule has 0 spiro atoms. The first-order valence-corrected chi connectivity index (χ1v) is 8.72. The van der Waals surface area contributed by atoms with Crippen molar-refractivity contribution < 1.29 is 9.52 Å². The van der Waals surface area contributed by atoms with Gasteiger partial charge >= 0.3 is 0 Å². The first-order valence-electron chi connectivity index (χ1n) is 7.84. The maximum Gasteiger partial charge on any atom is 0.247 e. The predicted molar refractivity (Wildman–Crippen MR) is 94.8 cm³/mol. The number of phenols is 1. The molecule has 2 aromatic heterocycles. The van der Waals surface area contributed by atoms with E-state index in [1.807, 2.05) is 37.3 Å². The van der Waals surface area contributed by atoms with E-state index in [2.05, 4.69) is 25.7 Å². The Morgan fingerprint density at radius 1 is 1.00 bits per heavy atom. The van der Waals surface area contributed by atoms with Crippen molar-refractivity contribution in [2.45, 2.75) is 17.3 Å². The van der Waals surface area contributed by atoms with Gasteiger partial charge in [0.2, 0.25) is 16.9 Å². The maximum absolute atomic E-state index is 9.42. The Morgan fingerprint density at radius 2 is 1.77 bits per heavy atom. The third-order valence-electron chi connectivity index (χ3n) is 3.63. The summed E-state index contributed by atoms with van der Waals surface area (Å²) in [7, 11) is 0. The summed E-state index contributed by atoms with van der Waals surface area (Å²) in [6.45, 7) is 1.95. The van der Waals surface area contributed by atoms with Gasteiger partial charge in [0, 0.05) is 5.56 Å². The van der Waals surface area contributed by atoms with Crippen molar-refractivity contribution in [3.63, 3.8) is 0 Å². The molecule has 9 heteroatoms. The van der Waals surface area contributed by atoms with Crippen LogP contribution in [-0.2, 0) is 0 Å². The molecule has 0 aliphatic heterocycles. The highest BCUT2D eigenvalue weighted by Gasteiger charge is 2.20. The zero-order valence-corrected chi connectivity index (χ0v) is 14.5. The number of thioether (sulfide) groups is 1. The minimum Gasteiger partial charge on any atom is -0.508 e. The third-order valence-corrected chi connectivity index (χ3v) is 4.65. The second-order valence-electron chi connectivity index (χ2n) is 5.46. The number of benzene rings is 2. The van der Waals surface area contributed by atoms with Gasteiger partial charge in [0.25, 0.3) is 0 Å². The number of aromatic nitrogens is 6. The molecule has 4 rings (SSSR count). The van der Waals surface area contributed by atoms with Gasteiger partial charge in [-0.3, -0.25) is 0 Å². The van der Waals surface area contributed by atoms with Crippen LogP contribution in [0, 0.1) is 0 Å². The van der Waals surface area contributed by atoms with Crippen LogP contribution in [0.2, 0.25) is 0 Å². The fourth-order valence-electron chi connectivity index (χ4n) is 2.31. The van der Waals surface area contributed by atoms with Crippen molar-refractivity contribution in [2.75, 3.05) is 0 Å². The van der Waals surface area contributed by atoms with Crippen LogP contribution in [0.1, 0.15) is 18.1 Å². The highest BCUT2D eigenvalue weighted by molar-refractivity contribution is 7.99. The van der Waals surface area contributed by atoms with E-state index < -0.39 is 0 Å². The molecule has 0 saturated heterocycles. The Morgan fingerprint density at radius 3 is 2.54 bits per heavy atom. The monoisotopic (exact) mass is 366 g/mol. The number of phenolic OH excluding ortho intramolecular Hbond substituents is 1. The molecule has 4 aromatic rings. The van der Waals surface area contributed by atoms with Gasteiger partial charge in [-0.2, -0.15) is 4.68 Å². The number of rotatable bonds is 5. The van der Waals surface area contributed by atoms with Crippen molar-refractivity contribution in [2.24, 2.45) is 0 Å².